The molecule has 0 N–H and O–H groups in total. The summed E-state index contributed by atoms with van der Waals surface area (Å²) in [6.45, 7) is 3.27. The fourth-order valence-corrected chi connectivity index (χ4v) is 5.04. The molecule has 3 aromatic rings. The number of nitrogens with zero attached hydrogens (tertiary/aromatic N) is 2. The number of aryl methyl sites for hydroxylation is 2. The minimum atomic E-state index is -4.05. The van der Waals surface area contributed by atoms with Crippen molar-refractivity contribution in [3.8, 4) is 11.8 Å². The van der Waals surface area contributed by atoms with Crippen LogP contribution in [0.2, 0.25) is 0 Å². The van der Waals surface area contributed by atoms with Crippen molar-refractivity contribution >= 4 is 18.3 Å². The molecule has 32 heavy (non-hydrogen) atoms. The summed E-state index contributed by atoms with van der Waals surface area (Å²) >= 11 is 0. The highest BCUT2D eigenvalue weighted by atomic mass is 19.2. The minimum absolute atomic E-state index is 0.496. The maximum atomic E-state index is 16.1. The topological polar surface area (TPSA) is 7.94 Å². The van der Waals surface area contributed by atoms with Crippen LogP contribution in [0.25, 0.3) is 5.57 Å². The van der Waals surface area contributed by atoms with Gasteiger partial charge in [0.05, 0.1) is 11.1 Å². The van der Waals surface area contributed by atoms with Crippen molar-refractivity contribution in [1.82, 2.24) is 4.48 Å². The average Bonchev–Trinajstić information content (AvgIpc) is 3.22. The van der Waals surface area contributed by atoms with Crippen LogP contribution < -0.4 is 0 Å². The first-order valence-corrected chi connectivity index (χ1v) is 10.7. The molecule has 0 saturated carbocycles. The Morgan fingerprint density at radius 1 is 0.844 bits per heavy atom. The van der Waals surface area contributed by atoms with Gasteiger partial charge in [-0.1, -0.05) is 60.4 Å². The van der Waals surface area contributed by atoms with Crippen LogP contribution in [0, 0.1) is 25.7 Å². The van der Waals surface area contributed by atoms with E-state index in [0.29, 0.717) is 28.4 Å². The second kappa shape index (κ2) is 7.20. The third-order valence-corrected chi connectivity index (χ3v) is 6.38. The molecular formula is C27H23BF2N2. The Morgan fingerprint density at radius 2 is 1.47 bits per heavy atom. The number of rotatable bonds is 1. The van der Waals surface area contributed by atoms with Crippen molar-refractivity contribution in [2.24, 2.45) is 0 Å². The van der Waals surface area contributed by atoms with E-state index < -0.39 is 6.97 Å². The summed E-state index contributed by atoms with van der Waals surface area (Å²) in [5.41, 5.74) is 7.13. The predicted octanol–water partition coefficient (Wildman–Crippen LogP) is 5.96. The molecule has 5 rings (SSSR count). The molecule has 0 fully saturated rings. The number of benzene rings is 2. The van der Waals surface area contributed by atoms with Gasteiger partial charge in [-0.15, -0.1) is 0 Å². The molecule has 158 valence electrons. The van der Waals surface area contributed by atoms with Gasteiger partial charge in [0.2, 0.25) is 0 Å². The van der Waals surface area contributed by atoms with E-state index in [1.165, 1.54) is 8.96 Å². The van der Waals surface area contributed by atoms with Crippen LogP contribution in [-0.2, 0) is 0 Å². The molecule has 2 aromatic carbocycles. The molecule has 2 aliphatic heterocycles. The molecular weight excluding hydrogens is 401 g/mol. The number of fused-ring (bicyclic) bond motifs is 2. The third-order valence-electron chi connectivity index (χ3n) is 6.38. The van der Waals surface area contributed by atoms with Gasteiger partial charge in [0.25, 0.3) is 0 Å². The Morgan fingerprint density at radius 3 is 2.12 bits per heavy atom. The smallest absolute Gasteiger partial charge is 0.393 e. The van der Waals surface area contributed by atoms with E-state index in [0.717, 1.165) is 27.8 Å². The maximum absolute atomic E-state index is 16.1. The Bertz CT molecular complexity index is 1410. The zero-order chi connectivity index (χ0) is 22.6. The number of allylic oxidation sites excluding steroid dienone is 2. The summed E-state index contributed by atoms with van der Waals surface area (Å²) in [6.07, 6.45) is 0. The van der Waals surface area contributed by atoms with Gasteiger partial charge in [-0.25, -0.2) is 0 Å². The summed E-state index contributed by atoms with van der Waals surface area (Å²) < 4.78 is 34.7. The molecule has 0 spiro atoms. The Labute approximate surface area is 187 Å². The first kappa shape index (κ1) is 20.3. The third kappa shape index (κ3) is 2.83. The maximum Gasteiger partial charge on any atom is 0.737 e. The molecule has 0 bridgehead atoms. The highest BCUT2D eigenvalue weighted by molar-refractivity contribution is 6.58. The molecule has 2 nitrogen and oxygen atoms in total. The molecule has 0 radical (unpaired) electrons. The normalized spacial score (nSPS) is 16.7. The molecule has 3 heterocycles. The van der Waals surface area contributed by atoms with Crippen molar-refractivity contribution in [2.45, 2.75) is 27.7 Å². The summed E-state index contributed by atoms with van der Waals surface area (Å²) in [4.78, 5) is 0. The second-order valence-electron chi connectivity index (χ2n) is 8.44. The lowest BCUT2D eigenvalue weighted by Gasteiger charge is -2.34. The number of aromatic nitrogens is 1. The molecule has 0 unspecified atom stereocenters. The Hall–Kier alpha value is -3.65. The fraction of sp³-hybridized carbons (Fsp3) is 0.148. The summed E-state index contributed by atoms with van der Waals surface area (Å²) in [5.74, 6) is 6.35. The van der Waals surface area contributed by atoms with E-state index in [1.807, 2.05) is 80.6 Å². The number of hydrogen-bond acceptors (Lipinski definition) is 0. The lowest BCUT2D eigenvalue weighted by atomic mass is 9.84. The monoisotopic (exact) mass is 424 g/mol. The first-order valence-electron chi connectivity index (χ1n) is 10.7. The van der Waals surface area contributed by atoms with Gasteiger partial charge < -0.3 is 17.6 Å². The molecule has 2 aliphatic rings. The van der Waals surface area contributed by atoms with Gasteiger partial charge in [0, 0.05) is 23.8 Å². The summed E-state index contributed by atoms with van der Waals surface area (Å²) in [5, 5.41) is 0. The Balaban J connectivity index is 1.85. The lowest BCUT2D eigenvalue weighted by Crippen LogP contribution is -2.51. The zero-order valence-corrected chi connectivity index (χ0v) is 18.6. The van der Waals surface area contributed by atoms with Gasteiger partial charge in [-0.2, -0.15) is 0 Å². The lowest BCUT2D eigenvalue weighted by molar-refractivity contribution is -0.363. The minimum Gasteiger partial charge on any atom is -0.393 e. The molecule has 1 aromatic heterocycles. The van der Waals surface area contributed by atoms with E-state index >= 15 is 8.63 Å². The Kier molecular flexibility index (Phi) is 4.56. The van der Waals surface area contributed by atoms with Crippen LogP contribution in [0.5, 0.6) is 0 Å². The van der Waals surface area contributed by atoms with Crippen LogP contribution in [0.15, 0.2) is 83.6 Å². The van der Waals surface area contributed by atoms with Crippen molar-refractivity contribution in [2.75, 3.05) is 0 Å². The molecule has 0 atom stereocenters. The summed E-state index contributed by atoms with van der Waals surface area (Å²) in [6, 6.07) is 21.3. The van der Waals surface area contributed by atoms with E-state index in [-0.39, 0.29) is 0 Å². The SMILES string of the molecule is CC1=C(C#Cc2ccccc2)C(C)=[N+]2C1=C(c1ccccc1)c1c(C)cc(C)n1[B-]2(F)F. The van der Waals surface area contributed by atoms with E-state index in [1.54, 1.807) is 13.8 Å². The van der Waals surface area contributed by atoms with Crippen LogP contribution in [0.4, 0.5) is 8.63 Å². The largest absolute Gasteiger partial charge is 0.737 e. The highest BCUT2D eigenvalue weighted by Gasteiger charge is 2.56. The van der Waals surface area contributed by atoms with Crippen LogP contribution in [0.3, 0.4) is 0 Å². The quantitative estimate of drug-likeness (QED) is 0.337. The van der Waals surface area contributed by atoms with Gasteiger partial charge in [-0.3, -0.25) is 0 Å². The van der Waals surface area contributed by atoms with Crippen LogP contribution in [0.1, 0.15) is 41.9 Å². The van der Waals surface area contributed by atoms with E-state index in [2.05, 4.69) is 11.8 Å². The van der Waals surface area contributed by atoms with E-state index in [4.69, 9.17) is 0 Å². The highest BCUT2D eigenvalue weighted by Crippen LogP contribution is 2.45. The van der Waals surface area contributed by atoms with Gasteiger partial charge in [0.1, 0.15) is 5.71 Å². The van der Waals surface area contributed by atoms with Crippen molar-refractivity contribution in [3.63, 3.8) is 0 Å². The van der Waals surface area contributed by atoms with Crippen LogP contribution in [-0.4, -0.2) is 21.6 Å². The van der Waals surface area contributed by atoms with Gasteiger partial charge >= 0.3 is 6.97 Å². The number of hydrogen-bond donors (Lipinski definition) is 0. The molecule has 0 amide bonds. The average molecular weight is 424 g/mol. The molecule has 0 aliphatic carbocycles. The predicted molar refractivity (Wildman–Crippen MR) is 127 cm³/mol. The van der Waals surface area contributed by atoms with Gasteiger partial charge in [0.15, 0.2) is 5.70 Å². The second-order valence-corrected chi connectivity index (χ2v) is 8.44. The van der Waals surface area contributed by atoms with Crippen molar-refractivity contribution in [1.29, 1.82) is 0 Å². The summed E-state index contributed by atoms with van der Waals surface area (Å²) in [7, 11) is 0. The van der Waals surface area contributed by atoms with E-state index in [9.17, 15) is 0 Å². The van der Waals surface area contributed by atoms with Crippen molar-refractivity contribution < 1.29 is 13.1 Å². The molecule has 0 saturated heterocycles. The fourth-order valence-electron chi connectivity index (χ4n) is 5.04. The first-order chi connectivity index (χ1) is 15.3. The van der Waals surface area contributed by atoms with Gasteiger partial charge in [-0.05, 0) is 55.8 Å². The molecule has 5 heteroatoms. The number of halogens is 2. The zero-order valence-electron chi connectivity index (χ0n) is 18.6. The van der Waals surface area contributed by atoms with Crippen molar-refractivity contribution in [3.05, 3.63) is 112 Å². The van der Waals surface area contributed by atoms with Crippen LogP contribution >= 0.6 is 0 Å². The standard InChI is InChI=1S/C27H23BF2N2/c1-18-17-19(2)31-26(18)25(23-13-9-6-10-14-23)27-20(3)24(21(4)32(27)28(31,29)30)16-15-22-11-7-5-8-12-22/h5-14,17H,1-4H3.